The zero-order chi connectivity index (χ0) is 16.7. The molecule has 5 heteroatoms. The molecule has 1 N–H and O–H groups in total. The molecule has 0 bridgehead atoms. The molecule has 0 atom stereocenters. The molecular formula is C19H11ClN2O2. The highest BCUT2D eigenvalue weighted by molar-refractivity contribution is 6.50. The highest BCUT2D eigenvalue weighted by Gasteiger charge is 2.31. The lowest BCUT2D eigenvalue weighted by atomic mass is 9.92. The van der Waals surface area contributed by atoms with E-state index >= 15 is 0 Å². The fraction of sp³-hybridized carbons (Fsp3) is 0. The quantitative estimate of drug-likeness (QED) is 0.764. The second-order valence-electron chi connectivity index (χ2n) is 5.43. The number of carbonyl (C=O) groups is 2. The van der Waals surface area contributed by atoms with Crippen molar-refractivity contribution in [2.45, 2.75) is 0 Å². The van der Waals surface area contributed by atoms with Gasteiger partial charge in [0.25, 0.3) is 0 Å². The molecule has 1 aromatic heterocycles. The molecule has 4 rings (SSSR count). The summed E-state index contributed by atoms with van der Waals surface area (Å²) in [5, 5.41) is 3.83. The molecule has 0 saturated carbocycles. The van der Waals surface area contributed by atoms with Crippen LogP contribution in [0, 0.1) is 0 Å². The molecule has 0 aliphatic heterocycles. The third kappa shape index (κ3) is 2.28. The number of hydrogen-bond donors (Lipinski definition) is 1. The normalized spacial score (nSPS) is 14.0. The first kappa shape index (κ1) is 14.6. The Morgan fingerprint density at radius 3 is 2.42 bits per heavy atom. The van der Waals surface area contributed by atoms with Gasteiger partial charge in [-0.25, -0.2) is 0 Å². The summed E-state index contributed by atoms with van der Waals surface area (Å²) >= 11 is 6.16. The number of allylic oxidation sites excluding steroid dienone is 2. The third-order valence-electron chi connectivity index (χ3n) is 3.93. The van der Waals surface area contributed by atoms with Gasteiger partial charge in [-0.2, -0.15) is 0 Å². The van der Waals surface area contributed by atoms with Crippen LogP contribution in [-0.2, 0) is 0 Å². The molecule has 1 aliphatic rings. The number of benzene rings is 2. The van der Waals surface area contributed by atoms with Crippen LogP contribution < -0.4 is 5.32 Å². The molecule has 0 saturated heterocycles. The van der Waals surface area contributed by atoms with Crippen LogP contribution in [0.2, 0.25) is 0 Å². The molecule has 3 aromatic rings. The van der Waals surface area contributed by atoms with Gasteiger partial charge in [-0.15, -0.1) is 0 Å². The first-order chi connectivity index (χ1) is 11.6. The molecule has 116 valence electrons. The molecule has 0 unspecified atom stereocenters. The maximum atomic E-state index is 12.7. The van der Waals surface area contributed by atoms with Crippen LogP contribution in [0.1, 0.15) is 20.7 Å². The van der Waals surface area contributed by atoms with Gasteiger partial charge in [0.15, 0.2) is 0 Å². The Kier molecular flexibility index (Phi) is 3.40. The van der Waals surface area contributed by atoms with E-state index in [1.165, 1.54) is 0 Å². The van der Waals surface area contributed by atoms with E-state index in [9.17, 15) is 9.59 Å². The van der Waals surface area contributed by atoms with E-state index in [-0.39, 0.29) is 22.3 Å². The third-order valence-corrected chi connectivity index (χ3v) is 4.30. The van der Waals surface area contributed by atoms with Crippen molar-refractivity contribution in [1.29, 1.82) is 0 Å². The summed E-state index contributed by atoms with van der Waals surface area (Å²) in [6, 6.07) is 15.9. The molecular weight excluding hydrogens is 324 g/mol. The minimum Gasteiger partial charge on any atom is -0.351 e. The van der Waals surface area contributed by atoms with Crippen LogP contribution in [0.15, 0.2) is 71.5 Å². The second-order valence-corrected chi connectivity index (χ2v) is 5.81. The number of rotatable bonds is 2. The van der Waals surface area contributed by atoms with Crippen molar-refractivity contribution in [3.63, 3.8) is 0 Å². The smallest absolute Gasteiger partial charge is 0.211 e. The Bertz CT molecular complexity index is 1040. The number of nitrogens with one attached hydrogen (secondary N) is 1. The SMILES string of the molecule is O=C1C(Cl)=C(Nc2ccc3ncccc3c2)C(=O)c2ccccc21. The topological polar surface area (TPSA) is 59.1 Å². The van der Waals surface area contributed by atoms with Crippen molar-refractivity contribution < 1.29 is 9.59 Å². The summed E-state index contributed by atoms with van der Waals surface area (Å²) < 4.78 is 0. The van der Waals surface area contributed by atoms with E-state index in [4.69, 9.17) is 11.6 Å². The Labute approximate surface area is 142 Å². The lowest BCUT2D eigenvalue weighted by Crippen LogP contribution is -2.24. The molecule has 0 amide bonds. The number of halogens is 1. The highest BCUT2D eigenvalue weighted by atomic mass is 35.5. The minimum atomic E-state index is -0.350. The van der Waals surface area contributed by atoms with Crippen LogP contribution in [0.3, 0.4) is 0 Å². The van der Waals surface area contributed by atoms with Crippen LogP contribution in [0.4, 0.5) is 5.69 Å². The number of carbonyl (C=O) groups excluding carboxylic acids is 2. The van der Waals surface area contributed by atoms with Crippen molar-refractivity contribution in [3.05, 3.63) is 82.7 Å². The van der Waals surface area contributed by atoms with Gasteiger partial charge in [-0.3, -0.25) is 14.6 Å². The Balaban J connectivity index is 1.76. The summed E-state index contributed by atoms with van der Waals surface area (Å²) in [6.45, 7) is 0. The summed E-state index contributed by atoms with van der Waals surface area (Å²) in [4.78, 5) is 29.3. The van der Waals surface area contributed by atoms with E-state index in [2.05, 4.69) is 10.3 Å². The predicted octanol–water partition coefficient (Wildman–Crippen LogP) is 4.18. The lowest BCUT2D eigenvalue weighted by molar-refractivity contribution is 0.0982. The minimum absolute atomic E-state index is 0.0926. The second kappa shape index (κ2) is 5.58. The maximum Gasteiger partial charge on any atom is 0.211 e. The molecule has 2 aromatic carbocycles. The summed E-state index contributed by atoms with van der Waals surface area (Å²) in [6.07, 6.45) is 1.72. The van der Waals surface area contributed by atoms with Crippen molar-refractivity contribution in [3.8, 4) is 0 Å². The van der Waals surface area contributed by atoms with Gasteiger partial charge in [0, 0.05) is 28.4 Å². The van der Waals surface area contributed by atoms with Crippen molar-refractivity contribution in [2.24, 2.45) is 0 Å². The largest absolute Gasteiger partial charge is 0.351 e. The predicted molar refractivity (Wildman–Crippen MR) is 93.3 cm³/mol. The van der Waals surface area contributed by atoms with Crippen LogP contribution in [0.25, 0.3) is 10.9 Å². The zero-order valence-corrected chi connectivity index (χ0v) is 13.2. The first-order valence-electron chi connectivity index (χ1n) is 7.35. The number of aromatic nitrogens is 1. The van der Waals surface area contributed by atoms with Gasteiger partial charge >= 0.3 is 0 Å². The van der Waals surface area contributed by atoms with Crippen molar-refractivity contribution >= 4 is 39.8 Å². The van der Waals surface area contributed by atoms with Crippen LogP contribution in [-0.4, -0.2) is 16.6 Å². The van der Waals surface area contributed by atoms with E-state index in [1.54, 1.807) is 36.5 Å². The number of ketones is 2. The number of nitrogens with zero attached hydrogens (tertiary/aromatic N) is 1. The van der Waals surface area contributed by atoms with Gasteiger partial charge in [-0.05, 0) is 24.3 Å². The molecule has 0 fully saturated rings. The lowest BCUT2D eigenvalue weighted by Gasteiger charge is -2.19. The molecule has 4 nitrogen and oxygen atoms in total. The number of hydrogen-bond acceptors (Lipinski definition) is 4. The standard InChI is InChI=1S/C19H11ClN2O2/c20-16-17(19(24)14-6-2-1-5-13(14)18(16)23)22-12-7-8-15-11(10-12)4-3-9-21-15/h1-10,22H. The van der Waals surface area contributed by atoms with Gasteiger partial charge in [0.1, 0.15) is 10.7 Å². The van der Waals surface area contributed by atoms with Crippen molar-refractivity contribution in [1.82, 2.24) is 4.98 Å². The average molecular weight is 335 g/mol. The molecule has 24 heavy (non-hydrogen) atoms. The van der Waals surface area contributed by atoms with Gasteiger partial charge in [0.2, 0.25) is 11.6 Å². The van der Waals surface area contributed by atoms with Crippen LogP contribution in [0.5, 0.6) is 0 Å². The first-order valence-corrected chi connectivity index (χ1v) is 7.73. The molecule has 1 heterocycles. The van der Waals surface area contributed by atoms with Crippen molar-refractivity contribution in [2.75, 3.05) is 5.32 Å². The number of anilines is 1. The molecule has 0 spiro atoms. The Hall–Kier alpha value is -2.98. The Morgan fingerprint density at radius 2 is 1.62 bits per heavy atom. The number of Topliss-reactive ketones (excluding diaryl/α,β-unsaturated/α-hetero) is 2. The Morgan fingerprint density at radius 1 is 0.875 bits per heavy atom. The fourth-order valence-corrected chi connectivity index (χ4v) is 2.99. The van der Waals surface area contributed by atoms with E-state index < -0.39 is 0 Å². The van der Waals surface area contributed by atoms with E-state index in [0.29, 0.717) is 16.8 Å². The molecule has 0 radical (unpaired) electrons. The molecule has 1 aliphatic carbocycles. The summed E-state index contributed by atoms with van der Waals surface area (Å²) in [5.41, 5.74) is 2.31. The van der Waals surface area contributed by atoms with Gasteiger partial charge in [-0.1, -0.05) is 41.9 Å². The highest BCUT2D eigenvalue weighted by Crippen LogP contribution is 2.30. The fourth-order valence-electron chi connectivity index (χ4n) is 2.75. The summed E-state index contributed by atoms with van der Waals surface area (Å²) in [7, 11) is 0. The number of fused-ring (bicyclic) bond motifs is 2. The van der Waals surface area contributed by atoms with Gasteiger partial charge in [0.05, 0.1) is 5.52 Å². The van der Waals surface area contributed by atoms with E-state index in [1.807, 2.05) is 24.3 Å². The average Bonchev–Trinajstić information content (AvgIpc) is 2.63. The van der Waals surface area contributed by atoms with E-state index in [0.717, 1.165) is 10.9 Å². The monoisotopic (exact) mass is 334 g/mol. The van der Waals surface area contributed by atoms with Crippen LogP contribution >= 0.6 is 11.6 Å². The zero-order valence-electron chi connectivity index (χ0n) is 12.4. The van der Waals surface area contributed by atoms with Gasteiger partial charge < -0.3 is 5.32 Å². The number of pyridine rings is 1. The maximum absolute atomic E-state index is 12.7. The summed E-state index contributed by atoms with van der Waals surface area (Å²) in [5.74, 6) is -0.640.